The molecule has 0 spiro atoms. The second-order valence-corrected chi connectivity index (χ2v) is 7.87. The molecule has 0 fully saturated rings. The fraction of sp³-hybridized carbons (Fsp3) is 1.00. The van der Waals surface area contributed by atoms with E-state index in [4.69, 9.17) is 9.47 Å². The number of unbranched alkanes of at least 4 members (excludes halogenated alkanes) is 6. The van der Waals surface area contributed by atoms with E-state index < -0.39 is 0 Å². The molecule has 0 saturated heterocycles. The summed E-state index contributed by atoms with van der Waals surface area (Å²) in [5.74, 6) is 0. The molecule has 1 unspecified atom stereocenters. The first-order chi connectivity index (χ1) is 10.9. The van der Waals surface area contributed by atoms with E-state index in [0.29, 0.717) is 12.2 Å². The van der Waals surface area contributed by atoms with Crippen LogP contribution in [0.1, 0.15) is 112 Å². The van der Waals surface area contributed by atoms with Crippen LogP contribution in [0.4, 0.5) is 0 Å². The summed E-state index contributed by atoms with van der Waals surface area (Å²) in [6, 6.07) is 0. The third kappa shape index (κ3) is 15.2. The zero-order valence-corrected chi connectivity index (χ0v) is 17.0. The summed E-state index contributed by atoms with van der Waals surface area (Å²) in [7, 11) is 0. The van der Waals surface area contributed by atoms with E-state index in [9.17, 15) is 0 Å². The molecule has 0 aromatic rings. The van der Waals surface area contributed by atoms with Gasteiger partial charge in [-0.2, -0.15) is 0 Å². The van der Waals surface area contributed by atoms with Crippen molar-refractivity contribution in [3.8, 4) is 0 Å². The molecule has 0 aromatic heterocycles. The number of hydrogen-bond acceptors (Lipinski definition) is 2. The highest BCUT2D eigenvalue weighted by Gasteiger charge is 2.23. The fourth-order valence-corrected chi connectivity index (χ4v) is 2.91. The average molecular weight is 329 g/mol. The van der Waals surface area contributed by atoms with E-state index in [2.05, 4.69) is 41.5 Å². The molecule has 1 atom stereocenters. The summed E-state index contributed by atoms with van der Waals surface area (Å²) < 4.78 is 12.2. The molecule has 0 heterocycles. The van der Waals surface area contributed by atoms with Crippen molar-refractivity contribution in [3.63, 3.8) is 0 Å². The second kappa shape index (κ2) is 14.3. The standard InChI is InChI=1S/C21H44O2/c1-7-9-11-12-14-16-20(15-13-10-8-2)23-21(5,6)17-18-22-19(3)4/h19-20H,7-18H2,1-6H3. The van der Waals surface area contributed by atoms with Crippen molar-refractivity contribution in [2.75, 3.05) is 6.61 Å². The van der Waals surface area contributed by atoms with Gasteiger partial charge in [-0.1, -0.05) is 65.2 Å². The van der Waals surface area contributed by atoms with E-state index in [1.54, 1.807) is 0 Å². The Morgan fingerprint density at radius 2 is 1.30 bits per heavy atom. The van der Waals surface area contributed by atoms with Gasteiger partial charge in [0.2, 0.25) is 0 Å². The Morgan fingerprint density at radius 3 is 1.87 bits per heavy atom. The summed E-state index contributed by atoms with van der Waals surface area (Å²) >= 11 is 0. The fourth-order valence-electron chi connectivity index (χ4n) is 2.91. The normalized spacial score (nSPS) is 13.7. The lowest BCUT2D eigenvalue weighted by Crippen LogP contribution is -2.32. The molecular weight excluding hydrogens is 284 g/mol. The Labute approximate surface area is 146 Å². The van der Waals surface area contributed by atoms with Crippen molar-refractivity contribution in [1.82, 2.24) is 0 Å². The predicted molar refractivity (Wildman–Crippen MR) is 102 cm³/mol. The van der Waals surface area contributed by atoms with Crippen LogP contribution >= 0.6 is 0 Å². The quantitative estimate of drug-likeness (QED) is 0.287. The molecule has 0 N–H and O–H groups in total. The van der Waals surface area contributed by atoms with Gasteiger partial charge < -0.3 is 9.47 Å². The molecule has 0 saturated carbocycles. The third-order valence-corrected chi connectivity index (χ3v) is 4.40. The van der Waals surface area contributed by atoms with Crippen molar-refractivity contribution < 1.29 is 9.47 Å². The van der Waals surface area contributed by atoms with Crippen LogP contribution in [0, 0.1) is 0 Å². The Morgan fingerprint density at radius 1 is 0.783 bits per heavy atom. The van der Waals surface area contributed by atoms with E-state index >= 15 is 0 Å². The minimum Gasteiger partial charge on any atom is -0.379 e. The zero-order chi connectivity index (χ0) is 17.6. The molecule has 2 heteroatoms. The number of hydrogen-bond donors (Lipinski definition) is 0. The molecule has 2 nitrogen and oxygen atoms in total. The highest BCUT2D eigenvalue weighted by atomic mass is 16.5. The van der Waals surface area contributed by atoms with Crippen LogP contribution in [0.25, 0.3) is 0 Å². The first-order valence-electron chi connectivity index (χ1n) is 10.2. The third-order valence-electron chi connectivity index (χ3n) is 4.40. The zero-order valence-electron chi connectivity index (χ0n) is 17.0. The molecule has 0 bridgehead atoms. The number of ether oxygens (including phenoxy) is 2. The van der Waals surface area contributed by atoms with Crippen LogP contribution in [0.15, 0.2) is 0 Å². The monoisotopic (exact) mass is 328 g/mol. The number of rotatable bonds is 16. The van der Waals surface area contributed by atoms with Gasteiger partial charge in [-0.25, -0.2) is 0 Å². The van der Waals surface area contributed by atoms with E-state index in [1.807, 2.05) is 0 Å². The van der Waals surface area contributed by atoms with Gasteiger partial charge in [-0.15, -0.1) is 0 Å². The summed E-state index contributed by atoms with van der Waals surface area (Å²) in [5.41, 5.74) is -0.0742. The second-order valence-electron chi connectivity index (χ2n) is 7.87. The lowest BCUT2D eigenvalue weighted by Gasteiger charge is -2.31. The van der Waals surface area contributed by atoms with Crippen molar-refractivity contribution in [2.24, 2.45) is 0 Å². The summed E-state index contributed by atoms with van der Waals surface area (Å²) in [6.07, 6.45) is 14.8. The van der Waals surface area contributed by atoms with Crippen LogP contribution < -0.4 is 0 Å². The minimum atomic E-state index is -0.0742. The Balaban J connectivity index is 4.18. The predicted octanol–water partition coefficient (Wildman–Crippen LogP) is 6.91. The summed E-state index contributed by atoms with van der Waals surface area (Å²) in [6.45, 7) is 14.0. The topological polar surface area (TPSA) is 18.5 Å². The van der Waals surface area contributed by atoms with Gasteiger partial charge in [0.15, 0.2) is 0 Å². The van der Waals surface area contributed by atoms with Crippen molar-refractivity contribution >= 4 is 0 Å². The highest BCUT2D eigenvalue weighted by Crippen LogP contribution is 2.24. The van der Waals surface area contributed by atoms with Crippen LogP contribution in [-0.2, 0) is 9.47 Å². The van der Waals surface area contributed by atoms with Gasteiger partial charge in [0.1, 0.15) is 0 Å². The molecule has 0 amide bonds. The molecule has 0 radical (unpaired) electrons. The smallest absolute Gasteiger partial charge is 0.0652 e. The van der Waals surface area contributed by atoms with Gasteiger partial charge in [0.25, 0.3) is 0 Å². The van der Waals surface area contributed by atoms with Crippen LogP contribution in [0.3, 0.4) is 0 Å². The van der Waals surface area contributed by atoms with Crippen molar-refractivity contribution in [1.29, 1.82) is 0 Å². The highest BCUT2D eigenvalue weighted by molar-refractivity contribution is 4.72. The van der Waals surface area contributed by atoms with Gasteiger partial charge in [0, 0.05) is 6.61 Å². The van der Waals surface area contributed by atoms with Crippen molar-refractivity contribution in [3.05, 3.63) is 0 Å². The maximum atomic E-state index is 6.49. The lowest BCUT2D eigenvalue weighted by molar-refractivity contribution is -0.0958. The Hall–Kier alpha value is -0.0800. The minimum absolute atomic E-state index is 0.0742. The van der Waals surface area contributed by atoms with Crippen LogP contribution in [0.2, 0.25) is 0 Å². The van der Waals surface area contributed by atoms with Gasteiger partial charge in [-0.3, -0.25) is 0 Å². The summed E-state index contributed by atoms with van der Waals surface area (Å²) in [4.78, 5) is 0. The van der Waals surface area contributed by atoms with E-state index in [0.717, 1.165) is 13.0 Å². The molecule has 0 rings (SSSR count). The molecule has 0 aromatic carbocycles. The molecule has 0 aliphatic carbocycles. The largest absolute Gasteiger partial charge is 0.379 e. The molecule has 0 aliphatic rings. The average Bonchev–Trinajstić information content (AvgIpc) is 2.46. The van der Waals surface area contributed by atoms with Crippen molar-refractivity contribution in [2.45, 2.75) is 130 Å². The molecule has 23 heavy (non-hydrogen) atoms. The van der Waals surface area contributed by atoms with E-state index in [1.165, 1.54) is 64.2 Å². The molecular formula is C21H44O2. The Bertz CT molecular complexity index is 248. The van der Waals surface area contributed by atoms with Gasteiger partial charge in [0.05, 0.1) is 17.8 Å². The molecule has 140 valence electrons. The summed E-state index contributed by atoms with van der Waals surface area (Å²) in [5, 5.41) is 0. The maximum absolute atomic E-state index is 6.49. The van der Waals surface area contributed by atoms with Crippen LogP contribution in [0.5, 0.6) is 0 Å². The van der Waals surface area contributed by atoms with Crippen LogP contribution in [-0.4, -0.2) is 24.4 Å². The van der Waals surface area contributed by atoms with Gasteiger partial charge in [-0.05, 0) is 47.0 Å². The van der Waals surface area contributed by atoms with E-state index in [-0.39, 0.29) is 5.60 Å². The lowest BCUT2D eigenvalue weighted by atomic mass is 10.0. The molecule has 0 aliphatic heterocycles. The Kier molecular flexibility index (Phi) is 14.2. The maximum Gasteiger partial charge on any atom is 0.0652 e. The van der Waals surface area contributed by atoms with Gasteiger partial charge >= 0.3 is 0 Å². The SMILES string of the molecule is CCCCCCCC(CCCCC)OC(C)(C)CCOC(C)C. The first-order valence-corrected chi connectivity index (χ1v) is 10.2. The first kappa shape index (κ1) is 22.9.